The number of fused-ring (bicyclic) bond motifs is 1. The second-order valence-corrected chi connectivity index (χ2v) is 14.7. The summed E-state index contributed by atoms with van der Waals surface area (Å²) >= 11 is 0. The lowest BCUT2D eigenvalue weighted by Gasteiger charge is -2.36. The normalized spacial score (nSPS) is 28.4. The number of carbonyl (C=O) groups is 1. The summed E-state index contributed by atoms with van der Waals surface area (Å²) in [6, 6.07) is 20.1. The Morgan fingerprint density at radius 1 is 0.933 bits per heavy atom. The molecular formula is C38H49FN4O2. The van der Waals surface area contributed by atoms with Gasteiger partial charge in [0.1, 0.15) is 5.82 Å². The average molecular weight is 613 g/mol. The largest absolute Gasteiger partial charge is 0.481 e. The van der Waals surface area contributed by atoms with Crippen LogP contribution in [0.3, 0.4) is 0 Å². The topological polar surface area (TPSA) is 61.6 Å². The van der Waals surface area contributed by atoms with Crippen LogP contribution >= 0.6 is 0 Å². The van der Waals surface area contributed by atoms with Gasteiger partial charge >= 0.3 is 5.97 Å². The first-order chi connectivity index (χ1) is 21.9. The predicted octanol–water partition coefficient (Wildman–Crippen LogP) is 6.81. The maximum Gasteiger partial charge on any atom is 0.310 e. The zero-order chi connectivity index (χ0) is 31.0. The van der Waals surface area contributed by atoms with Crippen molar-refractivity contribution in [2.45, 2.75) is 76.7 Å². The number of rotatable bonds is 10. The van der Waals surface area contributed by atoms with Crippen molar-refractivity contribution in [2.75, 3.05) is 39.3 Å². The lowest BCUT2D eigenvalue weighted by molar-refractivity contribution is -0.152. The van der Waals surface area contributed by atoms with Crippen LogP contribution in [0.15, 0.2) is 60.7 Å². The third-order valence-electron chi connectivity index (χ3n) is 11.7. The van der Waals surface area contributed by atoms with E-state index in [4.69, 9.17) is 5.10 Å². The van der Waals surface area contributed by atoms with E-state index in [9.17, 15) is 14.3 Å². The lowest BCUT2D eigenvalue weighted by Crippen LogP contribution is -2.44. The fourth-order valence-corrected chi connectivity index (χ4v) is 9.57. The van der Waals surface area contributed by atoms with Gasteiger partial charge in [0.05, 0.1) is 11.1 Å². The van der Waals surface area contributed by atoms with Gasteiger partial charge in [-0.1, -0.05) is 61.7 Å². The SMILES string of the molecule is CCn1nc(Cc2ccccc2)cc1C1CC2CN(C[C@H]3CN(CC4(C(=O)O)CCCCC4)C[C@@H]3c3cccc(F)c3)CC2C1. The number of carboxylic acids is 1. The molecule has 0 radical (unpaired) electrons. The third kappa shape index (κ3) is 6.48. The van der Waals surface area contributed by atoms with E-state index in [1.165, 1.54) is 35.9 Å². The summed E-state index contributed by atoms with van der Waals surface area (Å²) in [7, 11) is 0. The summed E-state index contributed by atoms with van der Waals surface area (Å²) < 4.78 is 16.6. The van der Waals surface area contributed by atoms with Crippen LogP contribution in [0.25, 0.3) is 0 Å². The Kier molecular flexibility index (Phi) is 8.84. The van der Waals surface area contributed by atoms with Crippen LogP contribution in [-0.2, 0) is 17.8 Å². The molecule has 0 amide bonds. The molecule has 6 nitrogen and oxygen atoms in total. The van der Waals surface area contributed by atoms with Gasteiger partial charge in [-0.25, -0.2) is 4.39 Å². The van der Waals surface area contributed by atoms with Crippen LogP contribution < -0.4 is 0 Å². The van der Waals surface area contributed by atoms with E-state index in [1.807, 2.05) is 6.07 Å². The molecule has 0 bridgehead atoms. The van der Waals surface area contributed by atoms with Crippen molar-refractivity contribution in [3.8, 4) is 0 Å². The molecule has 4 aliphatic rings. The Hall–Kier alpha value is -3.03. The molecule has 3 aromatic rings. The van der Waals surface area contributed by atoms with E-state index in [0.29, 0.717) is 30.2 Å². The summed E-state index contributed by atoms with van der Waals surface area (Å²) in [6.45, 7) is 8.70. The number of nitrogens with zero attached hydrogens (tertiary/aromatic N) is 4. The molecule has 2 aliphatic carbocycles. The zero-order valence-electron chi connectivity index (χ0n) is 26.8. The fourth-order valence-electron chi connectivity index (χ4n) is 9.57. The monoisotopic (exact) mass is 612 g/mol. The van der Waals surface area contributed by atoms with Crippen molar-refractivity contribution in [3.05, 3.63) is 89.0 Å². The Labute approximate surface area is 267 Å². The van der Waals surface area contributed by atoms with Crippen molar-refractivity contribution in [1.29, 1.82) is 0 Å². The minimum Gasteiger partial charge on any atom is -0.481 e. The van der Waals surface area contributed by atoms with Gasteiger partial charge in [0, 0.05) is 69.8 Å². The molecule has 2 aromatic carbocycles. The van der Waals surface area contributed by atoms with Gasteiger partial charge < -0.3 is 14.9 Å². The Morgan fingerprint density at radius 2 is 1.69 bits per heavy atom. The van der Waals surface area contributed by atoms with E-state index in [2.05, 4.69) is 63.9 Å². The van der Waals surface area contributed by atoms with Gasteiger partial charge in [0.25, 0.3) is 0 Å². The van der Waals surface area contributed by atoms with E-state index < -0.39 is 11.4 Å². The molecule has 0 spiro atoms. The highest BCUT2D eigenvalue weighted by Crippen LogP contribution is 2.47. The maximum absolute atomic E-state index is 14.4. The molecule has 1 N–H and O–H groups in total. The van der Waals surface area contributed by atoms with Gasteiger partial charge in [0.15, 0.2) is 0 Å². The second-order valence-electron chi connectivity index (χ2n) is 14.7. The summed E-state index contributed by atoms with van der Waals surface area (Å²) in [4.78, 5) is 17.6. The first-order valence-electron chi connectivity index (χ1n) is 17.4. The van der Waals surface area contributed by atoms with Crippen molar-refractivity contribution in [1.82, 2.24) is 19.6 Å². The van der Waals surface area contributed by atoms with Crippen LogP contribution in [0.5, 0.6) is 0 Å². The standard InChI is InChI=1S/C38H49FN4O2/c1-2-43-36(20-34(40-43)16-27-10-5-3-6-11-27)29-17-30-21-41(22-31(30)18-29)23-32-24-42(25-35(32)28-12-9-13-33(39)19-28)26-38(37(44)45)14-7-4-8-15-38/h3,5-6,9-13,19-20,29-32,35H,2,4,7-8,14-18,21-26H2,1H3,(H,44,45)/t29?,30?,31?,32-,35+/m0/s1. The number of hydrogen-bond donors (Lipinski definition) is 1. The molecule has 2 unspecified atom stereocenters. The number of benzene rings is 2. The molecule has 1 aromatic heterocycles. The summed E-state index contributed by atoms with van der Waals surface area (Å²) in [5.41, 5.74) is 4.32. The van der Waals surface area contributed by atoms with Crippen LogP contribution in [0.4, 0.5) is 4.39 Å². The van der Waals surface area contributed by atoms with E-state index in [1.54, 1.807) is 6.07 Å². The van der Waals surface area contributed by atoms with E-state index in [0.717, 1.165) is 83.4 Å². The summed E-state index contributed by atoms with van der Waals surface area (Å²) in [5.74, 6) is 1.77. The van der Waals surface area contributed by atoms with Crippen molar-refractivity contribution >= 4 is 5.97 Å². The number of aryl methyl sites for hydroxylation is 1. The summed E-state index contributed by atoms with van der Waals surface area (Å²) in [6.07, 6.45) is 8.02. The molecule has 2 aliphatic heterocycles. The highest BCUT2D eigenvalue weighted by molar-refractivity contribution is 5.75. The van der Waals surface area contributed by atoms with Gasteiger partial charge in [-0.15, -0.1) is 0 Å². The molecule has 3 heterocycles. The van der Waals surface area contributed by atoms with Crippen LogP contribution in [0, 0.1) is 29.0 Å². The van der Waals surface area contributed by atoms with Crippen molar-refractivity contribution in [2.24, 2.45) is 23.2 Å². The molecule has 240 valence electrons. The molecule has 45 heavy (non-hydrogen) atoms. The van der Waals surface area contributed by atoms with Crippen molar-refractivity contribution < 1.29 is 14.3 Å². The minimum absolute atomic E-state index is 0.182. The fraction of sp³-hybridized carbons (Fsp3) is 0.579. The first kappa shape index (κ1) is 30.6. The minimum atomic E-state index is -0.634. The Balaban J connectivity index is 1.01. The highest BCUT2D eigenvalue weighted by atomic mass is 19.1. The van der Waals surface area contributed by atoms with Gasteiger partial charge in [-0.05, 0) is 79.7 Å². The number of likely N-dealkylation sites (tertiary alicyclic amines) is 2. The van der Waals surface area contributed by atoms with Crippen molar-refractivity contribution in [3.63, 3.8) is 0 Å². The quantitative estimate of drug-likeness (QED) is 0.273. The first-order valence-corrected chi connectivity index (χ1v) is 17.4. The third-order valence-corrected chi connectivity index (χ3v) is 11.7. The van der Waals surface area contributed by atoms with Gasteiger partial charge in [-0.2, -0.15) is 5.10 Å². The summed E-state index contributed by atoms with van der Waals surface area (Å²) in [5, 5.41) is 15.3. The lowest BCUT2D eigenvalue weighted by atomic mass is 9.73. The van der Waals surface area contributed by atoms with E-state index >= 15 is 0 Å². The van der Waals surface area contributed by atoms with Crippen LogP contribution in [0.2, 0.25) is 0 Å². The Morgan fingerprint density at radius 3 is 2.38 bits per heavy atom. The predicted molar refractivity (Wildman–Crippen MR) is 175 cm³/mol. The number of aliphatic carboxylic acids is 1. The van der Waals surface area contributed by atoms with Gasteiger partial charge in [-0.3, -0.25) is 9.48 Å². The highest BCUT2D eigenvalue weighted by Gasteiger charge is 2.46. The molecule has 4 fully saturated rings. The molecule has 2 saturated heterocycles. The Bertz CT molecular complexity index is 1450. The number of halogens is 1. The number of aromatic nitrogens is 2. The second kappa shape index (κ2) is 13.0. The smallest absolute Gasteiger partial charge is 0.310 e. The molecular weight excluding hydrogens is 563 g/mol. The van der Waals surface area contributed by atoms with Gasteiger partial charge in [0.2, 0.25) is 0 Å². The molecule has 7 rings (SSSR count). The van der Waals surface area contributed by atoms with E-state index in [-0.39, 0.29) is 11.7 Å². The molecule has 7 heteroatoms. The van der Waals surface area contributed by atoms with Crippen LogP contribution in [0.1, 0.15) is 86.2 Å². The molecule has 2 saturated carbocycles. The molecule has 4 atom stereocenters. The number of carboxylic acid groups (broad SMARTS) is 1. The average Bonchev–Trinajstić information content (AvgIpc) is 3.81. The van der Waals surface area contributed by atoms with Crippen LogP contribution in [-0.4, -0.2) is 69.9 Å². The maximum atomic E-state index is 14.4. The number of hydrogen-bond acceptors (Lipinski definition) is 4. The zero-order valence-corrected chi connectivity index (χ0v) is 26.8.